The number of aromatic nitrogens is 2. The summed E-state index contributed by atoms with van der Waals surface area (Å²) in [5.41, 5.74) is 8.43. The molecule has 6 nitrogen and oxygen atoms in total. The van der Waals surface area contributed by atoms with Crippen LogP contribution in [0.25, 0.3) is 11.4 Å². The van der Waals surface area contributed by atoms with E-state index in [2.05, 4.69) is 10.1 Å². The van der Waals surface area contributed by atoms with Gasteiger partial charge in [0.2, 0.25) is 11.7 Å². The van der Waals surface area contributed by atoms with Gasteiger partial charge in [-0.25, -0.2) is 8.42 Å². The Morgan fingerprint density at radius 3 is 2.29 bits per heavy atom. The first-order valence-corrected chi connectivity index (χ1v) is 10.9. The van der Waals surface area contributed by atoms with Crippen LogP contribution >= 0.6 is 0 Å². The Hall–Kier alpha value is -2.51. The highest BCUT2D eigenvalue weighted by Crippen LogP contribution is 2.48. The third-order valence-corrected chi connectivity index (χ3v) is 8.02. The Bertz CT molecular complexity index is 1060. The van der Waals surface area contributed by atoms with Crippen LogP contribution in [-0.4, -0.2) is 18.6 Å². The van der Waals surface area contributed by atoms with E-state index < -0.39 is 14.6 Å². The van der Waals surface area contributed by atoms with Crippen molar-refractivity contribution in [3.05, 3.63) is 65.5 Å². The van der Waals surface area contributed by atoms with E-state index in [-0.39, 0.29) is 5.89 Å². The highest BCUT2D eigenvalue weighted by atomic mass is 32.2. The van der Waals surface area contributed by atoms with E-state index in [1.807, 2.05) is 43.3 Å². The molecular formula is C21H23N3O3S. The molecule has 1 aromatic heterocycles. The summed E-state index contributed by atoms with van der Waals surface area (Å²) in [7, 11) is -3.66. The van der Waals surface area contributed by atoms with E-state index in [1.165, 1.54) is 0 Å². The normalized spacial score (nSPS) is 16.4. The predicted octanol–water partition coefficient (Wildman–Crippen LogP) is 3.75. The van der Waals surface area contributed by atoms with Crippen LogP contribution in [-0.2, 0) is 21.1 Å². The van der Waals surface area contributed by atoms with Crippen LogP contribution in [0, 0.1) is 6.92 Å². The number of rotatable bonds is 5. The Morgan fingerprint density at radius 2 is 1.68 bits per heavy atom. The average molecular weight is 398 g/mol. The zero-order chi connectivity index (χ0) is 19.8. The van der Waals surface area contributed by atoms with Crippen LogP contribution in [0.4, 0.5) is 0 Å². The second kappa shape index (κ2) is 7.14. The second-order valence-corrected chi connectivity index (χ2v) is 9.60. The van der Waals surface area contributed by atoms with Crippen molar-refractivity contribution in [1.82, 2.24) is 10.1 Å². The maximum atomic E-state index is 13.6. The molecule has 1 aliphatic carbocycles. The van der Waals surface area contributed by atoms with E-state index in [4.69, 9.17) is 10.3 Å². The summed E-state index contributed by atoms with van der Waals surface area (Å²) in [6.07, 6.45) is 2.59. The molecule has 0 spiro atoms. The highest BCUT2D eigenvalue weighted by Gasteiger charge is 2.52. The molecular weight excluding hydrogens is 374 g/mol. The van der Waals surface area contributed by atoms with Crippen LogP contribution in [0.1, 0.15) is 42.7 Å². The number of sulfone groups is 1. The summed E-state index contributed by atoms with van der Waals surface area (Å²) < 4.78 is 31.5. The van der Waals surface area contributed by atoms with Gasteiger partial charge >= 0.3 is 0 Å². The second-order valence-electron chi connectivity index (χ2n) is 7.34. The number of hydrogen-bond donors (Lipinski definition) is 1. The Labute approximate surface area is 164 Å². The van der Waals surface area contributed by atoms with Crippen LogP contribution in [0.5, 0.6) is 0 Å². The fraction of sp³-hybridized carbons (Fsp3) is 0.333. The Morgan fingerprint density at radius 1 is 1.04 bits per heavy atom. The fourth-order valence-corrected chi connectivity index (χ4v) is 5.89. The number of hydrogen-bond acceptors (Lipinski definition) is 6. The van der Waals surface area contributed by atoms with Crippen LogP contribution < -0.4 is 5.73 Å². The van der Waals surface area contributed by atoms with Gasteiger partial charge < -0.3 is 10.3 Å². The molecule has 1 saturated carbocycles. The van der Waals surface area contributed by atoms with Gasteiger partial charge in [0.15, 0.2) is 14.6 Å². The quantitative estimate of drug-likeness (QED) is 0.704. The number of nitrogens with two attached hydrogens (primary N) is 1. The predicted molar refractivity (Wildman–Crippen MR) is 106 cm³/mol. The molecule has 0 bridgehead atoms. The fourth-order valence-electron chi connectivity index (χ4n) is 3.80. The van der Waals surface area contributed by atoms with Crippen molar-refractivity contribution in [2.24, 2.45) is 5.73 Å². The standard InChI is InChI=1S/C21H23N3O3S/c1-15-4-10-18(11-5-15)28(25,26)21(12-2-3-13-21)20-23-19(24-27-20)17-8-6-16(14-22)7-9-17/h4-11H,2-3,12-14,22H2,1H3. The molecule has 0 unspecified atom stereocenters. The molecule has 7 heteroatoms. The van der Waals surface area contributed by atoms with Gasteiger partial charge in [0.05, 0.1) is 4.90 Å². The van der Waals surface area contributed by atoms with Gasteiger partial charge in [-0.15, -0.1) is 0 Å². The van der Waals surface area contributed by atoms with Crippen LogP contribution in [0.15, 0.2) is 57.9 Å². The maximum Gasteiger partial charge on any atom is 0.248 e. The molecule has 3 aromatic rings. The molecule has 0 radical (unpaired) electrons. The third-order valence-electron chi connectivity index (χ3n) is 5.52. The van der Waals surface area contributed by atoms with Gasteiger partial charge in [-0.05, 0) is 37.5 Å². The Kier molecular flexibility index (Phi) is 4.81. The zero-order valence-electron chi connectivity index (χ0n) is 15.8. The summed E-state index contributed by atoms with van der Waals surface area (Å²) in [6.45, 7) is 2.39. The zero-order valence-corrected chi connectivity index (χ0v) is 16.6. The minimum absolute atomic E-state index is 0.184. The molecule has 146 valence electrons. The summed E-state index contributed by atoms with van der Waals surface area (Å²) in [5.74, 6) is 0.576. The topological polar surface area (TPSA) is 99.1 Å². The minimum Gasteiger partial charge on any atom is -0.337 e. The molecule has 28 heavy (non-hydrogen) atoms. The van der Waals surface area contributed by atoms with Gasteiger partial charge in [0.25, 0.3) is 0 Å². The van der Waals surface area contributed by atoms with Gasteiger partial charge in [0, 0.05) is 12.1 Å². The molecule has 4 rings (SSSR count). The van der Waals surface area contributed by atoms with Crippen molar-refractivity contribution in [3.63, 3.8) is 0 Å². The lowest BCUT2D eigenvalue weighted by Gasteiger charge is -2.24. The molecule has 2 N–H and O–H groups in total. The first-order chi connectivity index (χ1) is 13.5. The first-order valence-electron chi connectivity index (χ1n) is 9.41. The van der Waals surface area contributed by atoms with E-state index in [1.54, 1.807) is 12.1 Å². The van der Waals surface area contributed by atoms with Crippen molar-refractivity contribution in [3.8, 4) is 11.4 Å². The van der Waals surface area contributed by atoms with Crippen molar-refractivity contribution in [2.75, 3.05) is 0 Å². The van der Waals surface area contributed by atoms with E-state index >= 15 is 0 Å². The number of nitrogens with zero attached hydrogens (tertiary/aromatic N) is 2. The third kappa shape index (κ3) is 3.04. The summed E-state index contributed by atoms with van der Waals surface area (Å²) in [5, 5.41) is 4.07. The molecule has 0 atom stereocenters. The van der Waals surface area contributed by atoms with Crippen molar-refractivity contribution >= 4 is 9.84 Å². The lowest BCUT2D eigenvalue weighted by molar-refractivity contribution is 0.330. The first kappa shape index (κ1) is 18.8. The average Bonchev–Trinajstić information content (AvgIpc) is 3.39. The lowest BCUT2D eigenvalue weighted by Crippen LogP contribution is -2.33. The van der Waals surface area contributed by atoms with Crippen molar-refractivity contribution in [2.45, 2.75) is 48.8 Å². The SMILES string of the molecule is Cc1ccc(S(=O)(=O)C2(c3nc(-c4ccc(CN)cc4)no3)CCCC2)cc1. The summed E-state index contributed by atoms with van der Waals surface area (Å²) >= 11 is 0. The smallest absolute Gasteiger partial charge is 0.248 e. The summed E-state index contributed by atoms with van der Waals surface area (Å²) in [4.78, 5) is 4.81. The molecule has 2 aromatic carbocycles. The van der Waals surface area contributed by atoms with E-state index in [0.717, 1.165) is 29.5 Å². The molecule has 0 saturated heterocycles. The van der Waals surface area contributed by atoms with Gasteiger partial charge in [0.1, 0.15) is 0 Å². The van der Waals surface area contributed by atoms with Crippen LogP contribution in [0.2, 0.25) is 0 Å². The largest absolute Gasteiger partial charge is 0.337 e. The Balaban J connectivity index is 1.76. The van der Waals surface area contributed by atoms with Crippen LogP contribution in [0.3, 0.4) is 0 Å². The van der Waals surface area contributed by atoms with Gasteiger partial charge in [-0.3, -0.25) is 0 Å². The maximum absolute atomic E-state index is 13.6. The molecule has 1 heterocycles. The van der Waals surface area contributed by atoms with Gasteiger partial charge in [-0.2, -0.15) is 4.98 Å². The molecule has 1 aliphatic rings. The molecule has 0 amide bonds. The van der Waals surface area contributed by atoms with Crippen molar-refractivity contribution in [1.29, 1.82) is 0 Å². The minimum atomic E-state index is -3.66. The number of benzene rings is 2. The molecule has 0 aliphatic heterocycles. The van der Waals surface area contributed by atoms with Crippen molar-refractivity contribution < 1.29 is 12.9 Å². The lowest BCUT2D eigenvalue weighted by atomic mass is 10.1. The van der Waals surface area contributed by atoms with Gasteiger partial charge in [-0.1, -0.05) is 60.0 Å². The van der Waals surface area contributed by atoms with E-state index in [0.29, 0.717) is 30.1 Å². The summed E-state index contributed by atoms with van der Waals surface area (Å²) in [6, 6.07) is 14.5. The number of aryl methyl sites for hydroxylation is 1. The van der Waals surface area contributed by atoms with E-state index in [9.17, 15) is 8.42 Å². The monoisotopic (exact) mass is 397 g/mol. The highest BCUT2D eigenvalue weighted by molar-refractivity contribution is 7.92. The molecule has 1 fully saturated rings.